The molecule has 0 spiro atoms. The van der Waals surface area contributed by atoms with Crippen LogP contribution in [0.5, 0.6) is 0 Å². The Balaban J connectivity index is 1.68. The lowest BCUT2D eigenvalue weighted by atomic mass is 9.94. The second-order valence-corrected chi connectivity index (χ2v) is 10.4. The van der Waals surface area contributed by atoms with E-state index in [4.69, 9.17) is 23.2 Å². The highest BCUT2D eigenvalue weighted by atomic mass is 35.5. The van der Waals surface area contributed by atoms with E-state index in [-0.39, 0.29) is 36.6 Å². The molecule has 1 N–H and O–H groups in total. The summed E-state index contributed by atoms with van der Waals surface area (Å²) in [4.78, 5) is 29.2. The Morgan fingerprint density at radius 2 is 1.51 bits per heavy atom. The van der Waals surface area contributed by atoms with Crippen molar-refractivity contribution in [2.45, 2.75) is 63.6 Å². The van der Waals surface area contributed by atoms with Crippen LogP contribution in [0.1, 0.15) is 48.8 Å². The number of carbonyl (C=O) groups excluding carboxylic acids is 2. The third-order valence-electron chi connectivity index (χ3n) is 6.88. The first-order chi connectivity index (χ1) is 17.9. The van der Waals surface area contributed by atoms with Crippen LogP contribution in [0.3, 0.4) is 0 Å². The van der Waals surface area contributed by atoms with Gasteiger partial charge in [0.05, 0.1) is 6.42 Å². The lowest BCUT2D eigenvalue weighted by Gasteiger charge is -2.34. The first-order valence-corrected chi connectivity index (χ1v) is 13.5. The van der Waals surface area contributed by atoms with E-state index < -0.39 is 6.04 Å². The number of nitrogens with zero attached hydrogens (tertiary/aromatic N) is 1. The molecule has 37 heavy (non-hydrogen) atoms. The SMILES string of the molecule is O=C(NC1CCCCC1)[C@@H](Cc1ccccc1)N(Cc1c(Cl)cccc1Cl)C(=O)Cc1ccc(F)cc1. The average molecular weight is 541 g/mol. The lowest BCUT2D eigenvalue weighted by Crippen LogP contribution is -2.53. The van der Waals surface area contributed by atoms with Crippen LogP contribution in [0.2, 0.25) is 10.0 Å². The number of amides is 2. The monoisotopic (exact) mass is 540 g/mol. The molecule has 0 heterocycles. The summed E-state index contributed by atoms with van der Waals surface area (Å²) in [6.07, 6.45) is 5.56. The van der Waals surface area contributed by atoms with Gasteiger partial charge in [0.1, 0.15) is 11.9 Å². The zero-order valence-electron chi connectivity index (χ0n) is 20.6. The molecule has 4 nitrogen and oxygen atoms in total. The molecule has 4 rings (SSSR count). The van der Waals surface area contributed by atoms with Gasteiger partial charge in [-0.2, -0.15) is 0 Å². The summed E-state index contributed by atoms with van der Waals surface area (Å²) in [7, 11) is 0. The molecule has 0 radical (unpaired) electrons. The van der Waals surface area contributed by atoms with Crippen molar-refractivity contribution in [3.8, 4) is 0 Å². The van der Waals surface area contributed by atoms with E-state index in [0.717, 1.165) is 31.2 Å². The summed E-state index contributed by atoms with van der Waals surface area (Å²) < 4.78 is 13.5. The molecule has 0 unspecified atom stereocenters. The second-order valence-electron chi connectivity index (χ2n) is 9.57. The standard InChI is InChI=1S/C30H31Cl2FN2O2/c31-26-12-7-13-27(32)25(26)20-35(29(36)19-22-14-16-23(33)17-15-22)28(18-21-8-3-1-4-9-21)30(37)34-24-10-5-2-6-11-24/h1,3-4,7-9,12-17,24,28H,2,5-6,10-11,18-20H2,(H,34,37)/t28-/m1/s1. The van der Waals surface area contributed by atoms with Gasteiger partial charge in [-0.25, -0.2) is 4.39 Å². The molecule has 194 valence electrons. The highest BCUT2D eigenvalue weighted by Gasteiger charge is 2.32. The van der Waals surface area contributed by atoms with Crippen LogP contribution in [0.4, 0.5) is 4.39 Å². The van der Waals surface area contributed by atoms with Gasteiger partial charge in [-0.05, 0) is 48.2 Å². The van der Waals surface area contributed by atoms with Crippen LogP contribution in [0.25, 0.3) is 0 Å². The Morgan fingerprint density at radius 1 is 0.865 bits per heavy atom. The number of hydrogen-bond donors (Lipinski definition) is 1. The van der Waals surface area contributed by atoms with Gasteiger partial charge < -0.3 is 10.2 Å². The Bertz CT molecular complexity index is 1180. The maximum Gasteiger partial charge on any atom is 0.243 e. The van der Waals surface area contributed by atoms with Crippen LogP contribution >= 0.6 is 23.2 Å². The van der Waals surface area contributed by atoms with Gasteiger partial charge in [-0.3, -0.25) is 9.59 Å². The summed E-state index contributed by atoms with van der Waals surface area (Å²) in [6, 6.07) is 20.0. The van der Waals surface area contributed by atoms with E-state index in [1.807, 2.05) is 30.3 Å². The number of carbonyl (C=O) groups is 2. The highest BCUT2D eigenvalue weighted by molar-refractivity contribution is 6.36. The lowest BCUT2D eigenvalue weighted by molar-refractivity contribution is -0.141. The largest absolute Gasteiger partial charge is 0.352 e. The third kappa shape index (κ3) is 7.56. The smallest absolute Gasteiger partial charge is 0.243 e. The fourth-order valence-corrected chi connectivity index (χ4v) is 5.35. The summed E-state index contributed by atoms with van der Waals surface area (Å²) in [5.41, 5.74) is 2.19. The van der Waals surface area contributed by atoms with Crippen molar-refractivity contribution >= 4 is 35.0 Å². The zero-order valence-corrected chi connectivity index (χ0v) is 22.1. The molecule has 0 bridgehead atoms. The molecule has 1 saturated carbocycles. The normalized spacial score (nSPS) is 14.7. The molecule has 7 heteroatoms. The molecule has 3 aromatic rings. The van der Waals surface area contributed by atoms with Crippen molar-refractivity contribution in [1.82, 2.24) is 10.2 Å². The fraction of sp³-hybridized carbons (Fsp3) is 0.333. The topological polar surface area (TPSA) is 49.4 Å². The highest BCUT2D eigenvalue weighted by Crippen LogP contribution is 2.28. The minimum absolute atomic E-state index is 0.0182. The maximum absolute atomic E-state index is 13.8. The molecule has 1 fully saturated rings. The molecule has 1 atom stereocenters. The molecule has 0 saturated heterocycles. The van der Waals surface area contributed by atoms with Crippen molar-refractivity contribution in [3.63, 3.8) is 0 Å². The predicted octanol–water partition coefficient (Wildman–Crippen LogP) is 6.76. The molecule has 0 aromatic heterocycles. The Kier molecular flexibility index (Phi) is 9.59. The summed E-state index contributed by atoms with van der Waals surface area (Å²) in [5, 5.41) is 4.07. The first-order valence-electron chi connectivity index (χ1n) is 12.7. The Labute approximate surface area is 227 Å². The number of nitrogens with one attached hydrogen (secondary N) is 1. The van der Waals surface area contributed by atoms with E-state index in [1.165, 1.54) is 18.6 Å². The van der Waals surface area contributed by atoms with Crippen LogP contribution in [0.15, 0.2) is 72.8 Å². The van der Waals surface area contributed by atoms with E-state index in [9.17, 15) is 14.0 Å². The van der Waals surface area contributed by atoms with Crippen molar-refractivity contribution in [3.05, 3.63) is 105 Å². The van der Waals surface area contributed by atoms with Crippen molar-refractivity contribution in [2.24, 2.45) is 0 Å². The van der Waals surface area contributed by atoms with Crippen LogP contribution in [-0.4, -0.2) is 28.8 Å². The van der Waals surface area contributed by atoms with Gasteiger partial charge in [-0.1, -0.05) is 91.0 Å². The Hall–Kier alpha value is -2.89. The van der Waals surface area contributed by atoms with Crippen molar-refractivity contribution in [2.75, 3.05) is 0 Å². The van der Waals surface area contributed by atoms with E-state index in [0.29, 0.717) is 27.6 Å². The second kappa shape index (κ2) is 13.1. The van der Waals surface area contributed by atoms with E-state index in [2.05, 4.69) is 5.32 Å². The van der Waals surface area contributed by atoms with Gasteiger partial charge in [0.2, 0.25) is 11.8 Å². The van der Waals surface area contributed by atoms with Gasteiger partial charge in [0.15, 0.2) is 0 Å². The molecular formula is C30H31Cl2FN2O2. The Morgan fingerprint density at radius 3 is 2.16 bits per heavy atom. The van der Waals surface area contributed by atoms with E-state index >= 15 is 0 Å². The number of halogens is 3. The molecule has 3 aromatic carbocycles. The molecule has 1 aliphatic carbocycles. The van der Waals surface area contributed by atoms with E-state index in [1.54, 1.807) is 35.2 Å². The fourth-order valence-electron chi connectivity index (χ4n) is 4.83. The number of hydrogen-bond acceptors (Lipinski definition) is 2. The van der Waals surface area contributed by atoms with Gasteiger partial charge in [0.25, 0.3) is 0 Å². The van der Waals surface area contributed by atoms with Gasteiger partial charge in [-0.15, -0.1) is 0 Å². The third-order valence-corrected chi connectivity index (χ3v) is 7.59. The first kappa shape index (κ1) is 27.2. The van der Waals surface area contributed by atoms with Crippen molar-refractivity contribution in [1.29, 1.82) is 0 Å². The average Bonchev–Trinajstić information content (AvgIpc) is 2.90. The zero-order chi connectivity index (χ0) is 26.2. The molecule has 2 amide bonds. The molecular weight excluding hydrogens is 510 g/mol. The summed E-state index contributed by atoms with van der Waals surface area (Å²) >= 11 is 13.0. The van der Waals surface area contributed by atoms with Gasteiger partial charge >= 0.3 is 0 Å². The maximum atomic E-state index is 13.8. The molecule has 1 aliphatic rings. The van der Waals surface area contributed by atoms with Crippen molar-refractivity contribution < 1.29 is 14.0 Å². The minimum atomic E-state index is -0.774. The quantitative estimate of drug-likeness (QED) is 0.325. The van der Waals surface area contributed by atoms with Crippen LogP contribution in [-0.2, 0) is 29.0 Å². The van der Waals surface area contributed by atoms with Crippen LogP contribution < -0.4 is 5.32 Å². The molecule has 0 aliphatic heterocycles. The minimum Gasteiger partial charge on any atom is -0.352 e. The van der Waals surface area contributed by atoms with Crippen LogP contribution in [0, 0.1) is 5.82 Å². The van der Waals surface area contributed by atoms with Gasteiger partial charge in [0, 0.05) is 34.6 Å². The summed E-state index contributed by atoms with van der Waals surface area (Å²) in [5.74, 6) is -0.821. The predicted molar refractivity (Wildman–Crippen MR) is 146 cm³/mol. The number of benzene rings is 3. The summed E-state index contributed by atoms with van der Waals surface area (Å²) in [6.45, 7) is 0.0775. The number of rotatable bonds is 9.